The van der Waals surface area contributed by atoms with Crippen LogP contribution in [0.3, 0.4) is 0 Å². The highest BCUT2D eigenvalue weighted by Crippen LogP contribution is 2.38. The summed E-state index contributed by atoms with van der Waals surface area (Å²) in [5.41, 5.74) is 1.01. The molecule has 4 rings (SSSR count). The number of hydrogen-bond donors (Lipinski definition) is 0. The number of halogens is 4. The highest BCUT2D eigenvalue weighted by atomic mass is 35.5. The summed E-state index contributed by atoms with van der Waals surface area (Å²) in [7, 11) is 1.46. The summed E-state index contributed by atoms with van der Waals surface area (Å²) in [6, 6.07) is 6.10. The van der Waals surface area contributed by atoms with E-state index in [0.717, 1.165) is 12.8 Å². The third-order valence-electron chi connectivity index (χ3n) is 5.35. The minimum Gasteiger partial charge on any atom is -0.495 e. The van der Waals surface area contributed by atoms with Gasteiger partial charge in [0.1, 0.15) is 11.9 Å². The monoisotopic (exact) mass is 543 g/mol. The Morgan fingerprint density at radius 1 is 1.14 bits per heavy atom. The van der Waals surface area contributed by atoms with E-state index >= 15 is 0 Å². The van der Waals surface area contributed by atoms with Crippen molar-refractivity contribution in [1.29, 1.82) is 0 Å². The van der Waals surface area contributed by atoms with Gasteiger partial charge < -0.3 is 18.9 Å². The zero-order valence-electron chi connectivity index (χ0n) is 18.5. The topological polar surface area (TPSA) is 66.9 Å². The van der Waals surface area contributed by atoms with Crippen LogP contribution in [-0.2, 0) is 11.2 Å². The largest absolute Gasteiger partial charge is 0.495 e. The number of alkyl halides is 2. The van der Waals surface area contributed by atoms with E-state index in [1.54, 1.807) is 11.4 Å². The van der Waals surface area contributed by atoms with Crippen molar-refractivity contribution >= 4 is 40.5 Å². The molecule has 35 heavy (non-hydrogen) atoms. The number of thiophene rings is 1. The third kappa shape index (κ3) is 6.54. The summed E-state index contributed by atoms with van der Waals surface area (Å²) in [6.07, 6.45) is 4.15. The first-order chi connectivity index (χ1) is 16.9. The van der Waals surface area contributed by atoms with E-state index in [2.05, 4.69) is 9.72 Å². The van der Waals surface area contributed by atoms with Crippen LogP contribution in [0.25, 0.3) is 0 Å². The van der Waals surface area contributed by atoms with E-state index in [-0.39, 0.29) is 22.8 Å². The molecular formula is C24H21Cl2F2NO5S. The normalized spacial score (nSPS) is 14.0. The van der Waals surface area contributed by atoms with E-state index in [4.69, 9.17) is 37.4 Å². The summed E-state index contributed by atoms with van der Waals surface area (Å²) in [5, 5.41) is 2.31. The molecule has 3 aromatic rings. The lowest BCUT2D eigenvalue weighted by atomic mass is 10.0. The first kappa shape index (κ1) is 25.5. The Hall–Kier alpha value is -2.62. The molecule has 1 fully saturated rings. The van der Waals surface area contributed by atoms with Crippen molar-refractivity contribution in [3.63, 3.8) is 0 Å². The molecule has 0 radical (unpaired) electrons. The summed E-state index contributed by atoms with van der Waals surface area (Å²) < 4.78 is 47.4. The minimum atomic E-state index is -3.02. The zero-order valence-corrected chi connectivity index (χ0v) is 20.8. The van der Waals surface area contributed by atoms with Gasteiger partial charge in [0, 0.05) is 18.8 Å². The molecule has 1 aliphatic rings. The number of aromatic nitrogens is 1. The number of carbonyl (C=O) groups excluding carboxylic acids is 1. The number of esters is 1. The average Bonchev–Trinajstić information content (AvgIpc) is 3.53. The summed E-state index contributed by atoms with van der Waals surface area (Å²) in [4.78, 5) is 17.3. The van der Waals surface area contributed by atoms with Crippen molar-refractivity contribution in [1.82, 2.24) is 4.98 Å². The van der Waals surface area contributed by atoms with Crippen molar-refractivity contribution in [2.75, 3.05) is 13.7 Å². The van der Waals surface area contributed by atoms with Crippen molar-refractivity contribution in [2.45, 2.75) is 32.0 Å². The fourth-order valence-corrected chi connectivity index (χ4v) is 4.62. The summed E-state index contributed by atoms with van der Waals surface area (Å²) >= 11 is 13.8. The van der Waals surface area contributed by atoms with Gasteiger partial charge in [0.05, 0.1) is 23.8 Å². The van der Waals surface area contributed by atoms with Crippen molar-refractivity contribution in [3.05, 3.63) is 68.1 Å². The van der Waals surface area contributed by atoms with E-state index in [0.29, 0.717) is 39.4 Å². The van der Waals surface area contributed by atoms with Gasteiger partial charge in [-0.2, -0.15) is 8.78 Å². The fraction of sp³-hybridized carbons (Fsp3) is 0.333. The maximum absolute atomic E-state index is 13.0. The highest BCUT2D eigenvalue weighted by Gasteiger charge is 2.27. The van der Waals surface area contributed by atoms with Gasteiger partial charge in [-0.05, 0) is 53.5 Å². The van der Waals surface area contributed by atoms with E-state index in [9.17, 15) is 13.6 Å². The molecule has 11 heteroatoms. The van der Waals surface area contributed by atoms with Crippen LogP contribution in [0.15, 0.2) is 42.0 Å². The lowest BCUT2D eigenvalue weighted by molar-refractivity contribution is -0.0515. The number of hydrogen-bond acceptors (Lipinski definition) is 7. The number of carbonyl (C=O) groups is 1. The van der Waals surface area contributed by atoms with Gasteiger partial charge in [-0.3, -0.25) is 4.98 Å². The van der Waals surface area contributed by atoms with Crippen LogP contribution < -0.4 is 14.2 Å². The van der Waals surface area contributed by atoms with Gasteiger partial charge in [0.25, 0.3) is 0 Å². The number of nitrogens with zero attached hydrogens (tertiary/aromatic N) is 1. The highest BCUT2D eigenvalue weighted by molar-refractivity contribution is 7.12. The van der Waals surface area contributed by atoms with Crippen LogP contribution in [0, 0.1) is 5.92 Å². The minimum absolute atomic E-state index is 0.102. The summed E-state index contributed by atoms with van der Waals surface area (Å²) in [6.45, 7) is -2.64. The first-order valence-corrected chi connectivity index (χ1v) is 12.3. The molecule has 0 N–H and O–H groups in total. The maximum atomic E-state index is 13.0. The van der Waals surface area contributed by atoms with Gasteiger partial charge in [0.2, 0.25) is 0 Å². The standard InChI is InChI=1S/C24H21Cl2F2NO5S/c1-31-19-6-7-35-22(19)23(30)33-20(9-15-16(25)10-29-11-17(15)26)14-4-5-18(34-24(27)28)21(8-14)32-12-13-2-3-13/h4-8,10-11,13,20,24H,2-3,9,12H2,1H3/t20-/m0/s1. The molecule has 2 heterocycles. The van der Waals surface area contributed by atoms with Crippen molar-refractivity contribution < 1.29 is 32.5 Å². The SMILES string of the molecule is COc1ccsc1C(=O)O[C@@H](Cc1c(Cl)cncc1Cl)c1ccc(OC(F)F)c(OCC2CC2)c1. The molecule has 0 unspecified atom stereocenters. The molecule has 1 atom stereocenters. The van der Waals surface area contributed by atoms with Gasteiger partial charge in [-0.1, -0.05) is 29.3 Å². The van der Waals surface area contributed by atoms with Crippen LogP contribution >= 0.6 is 34.5 Å². The molecule has 0 spiro atoms. The average molecular weight is 544 g/mol. The van der Waals surface area contributed by atoms with Crippen LogP contribution in [0.4, 0.5) is 8.78 Å². The number of pyridine rings is 1. The Balaban J connectivity index is 1.68. The zero-order chi connectivity index (χ0) is 24.9. The van der Waals surface area contributed by atoms with Gasteiger partial charge in [-0.25, -0.2) is 4.79 Å². The quantitative estimate of drug-likeness (QED) is 0.243. The predicted octanol–water partition coefficient (Wildman–Crippen LogP) is 6.99. The Labute approximate surface area is 214 Å². The van der Waals surface area contributed by atoms with Crippen molar-refractivity contribution in [3.8, 4) is 17.2 Å². The second kappa shape index (κ2) is 11.4. The molecule has 0 amide bonds. The van der Waals surface area contributed by atoms with Gasteiger partial charge in [-0.15, -0.1) is 11.3 Å². The lowest BCUT2D eigenvalue weighted by Crippen LogP contribution is -2.15. The third-order valence-corrected chi connectivity index (χ3v) is 6.88. The maximum Gasteiger partial charge on any atom is 0.387 e. The van der Waals surface area contributed by atoms with Crippen LogP contribution in [0.5, 0.6) is 17.2 Å². The number of rotatable bonds is 11. The molecule has 0 aliphatic heterocycles. The molecular weight excluding hydrogens is 523 g/mol. The Morgan fingerprint density at radius 2 is 1.89 bits per heavy atom. The molecule has 186 valence electrons. The Bertz CT molecular complexity index is 1170. The van der Waals surface area contributed by atoms with Gasteiger partial charge >= 0.3 is 12.6 Å². The smallest absolute Gasteiger partial charge is 0.387 e. The summed E-state index contributed by atoms with van der Waals surface area (Å²) in [5.74, 6) is 0.183. The molecule has 2 aromatic heterocycles. The second-order valence-electron chi connectivity index (χ2n) is 7.84. The van der Waals surface area contributed by atoms with Crippen molar-refractivity contribution in [2.24, 2.45) is 5.92 Å². The van der Waals surface area contributed by atoms with E-state index < -0.39 is 18.7 Å². The van der Waals surface area contributed by atoms with Crippen LogP contribution in [0.2, 0.25) is 10.0 Å². The molecule has 1 saturated carbocycles. The fourth-order valence-electron chi connectivity index (χ4n) is 3.36. The van der Waals surface area contributed by atoms with Crippen LogP contribution in [0.1, 0.15) is 39.7 Å². The number of ether oxygens (including phenoxy) is 4. The number of methoxy groups -OCH3 is 1. The molecule has 1 aliphatic carbocycles. The molecule has 0 saturated heterocycles. The Kier molecular flexibility index (Phi) is 8.30. The van der Waals surface area contributed by atoms with E-state index in [1.807, 2.05) is 0 Å². The molecule has 1 aromatic carbocycles. The predicted molar refractivity (Wildman–Crippen MR) is 128 cm³/mol. The Morgan fingerprint density at radius 3 is 2.54 bits per heavy atom. The molecule has 6 nitrogen and oxygen atoms in total. The van der Waals surface area contributed by atoms with Crippen LogP contribution in [-0.4, -0.2) is 31.3 Å². The first-order valence-electron chi connectivity index (χ1n) is 10.7. The molecule has 0 bridgehead atoms. The second-order valence-corrected chi connectivity index (χ2v) is 9.57. The van der Waals surface area contributed by atoms with E-state index in [1.165, 1.54) is 49.0 Å². The number of benzene rings is 1. The van der Waals surface area contributed by atoms with Gasteiger partial charge in [0.15, 0.2) is 16.4 Å². The lowest BCUT2D eigenvalue weighted by Gasteiger charge is -2.21.